The molecule has 1 atom stereocenters. The van der Waals surface area contributed by atoms with Gasteiger partial charge in [0.05, 0.1) is 19.2 Å². The molecular formula is C22H29IN4O2. The number of nitrogens with zero attached hydrogens (tertiary/aromatic N) is 1. The monoisotopic (exact) mass is 508 g/mol. The number of nitrogens with two attached hydrogens (primary N) is 1. The van der Waals surface area contributed by atoms with Crippen LogP contribution in [0.5, 0.6) is 5.75 Å². The molecule has 3 rings (SSSR count). The number of fused-ring (bicyclic) bond motifs is 1. The van der Waals surface area contributed by atoms with Crippen molar-refractivity contribution in [1.29, 1.82) is 0 Å². The van der Waals surface area contributed by atoms with Crippen LogP contribution in [0.1, 0.15) is 43.9 Å². The molecule has 1 aliphatic rings. The largest absolute Gasteiger partial charge is 0.493 e. The van der Waals surface area contributed by atoms with Gasteiger partial charge in [-0.15, -0.1) is 24.0 Å². The first kappa shape index (κ1) is 23.0. The predicted octanol–water partition coefficient (Wildman–Crippen LogP) is 4.22. The van der Waals surface area contributed by atoms with Crippen molar-refractivity contribution in [2.45, 2.75) is 39.3 Å². The number of guanidine groups is 1. The molecule has 1 unspecified atom stereocenters. The van der Waals surface area contributed by atoms with Crippen LogP contribution in [0.2, 0.25) is 0 Å². The zero-order valence-corrected chi connectivity index (χ0v) is 19.2. The van der Waals surface area contributed by atoms with Crippen LogP contribution >= 0.6 is 24.0 Å². The van der Waals surface area contributed by atoms with Crippen molar-refractivity contribution in [3.63, 3.8) is 0 Å². The molecule has 29 heavy (non-hydrogen) atoms. The molecule has 1 aliphatic heterocycles. The predicted molar refractivity (Wildman–Crippen MR) is 128 cm³/mol. The molecule has 0 spiro atoms. The second-order valence-electron chi connectivity index (χ2n) is 7.42. The average Bonchev–Trinajstić information content (AvgIpc) is 2.66. The highest BCUT2D eigenvalue weighted by atomic mass is 127. The third-order valence-electron chi connectivity index (χ3n) is 4.52. The molecule has 4 N–H and O–H groups in total. The lowest BCUT2D eigenvalue weighted by atomic mass is 10.0. The van der Waals surface area contributed by atoms with E-state index in [0.29, 0.717) is 31.4 Å². The molecule has 2 aromatic carbocycles. The van der Waals surface area contributed by atoms with Crippen molar-refractivity contribution in [2.75, 3.05) is 11.9 Å². The smallest absolute Gasteiger partial charge is 0.224 e. The number of benzene rings is 2. The minimum atomic E-state index is 0. The maximum absolute atomic E-state index is 11.9. The number of hydrogen-bond acceptors (Lipinski definition) is 3. The maximum Gasteiger partial charge on any atom is 0.224 e. The van der Waals surface area contributed by atoms with E-state index in [1.165, 1.54) is 0 Å². The number of carbonyl (C=O) groups excluding carboxylic acids is 1. The molecule has 1 amide bonds. The SMILES string of the molecule is CC(C)CC(=O)Nc1cccc(CN=C(N)NC2CCOc3ccccc32)c1.I. The van der Waals surface area contributed by atoms with Crippen molar-refractivity contribution in [3.8, 4) is 5.75 Å². The quantitative estimate of drug-likeness (QED) is 0.310. The summed E-state index contributed by atoms with van der Waals surface area (Å²) in [6.45, 7) is 5.15. The van der Waals surface area contributed by atoms with Gasteiger partial charge in [-0.05, 0) is 29.7 Å². The number of nitrogens with one attached hydrogen (secondary N) is 2. The summed E-state index contributed by atoms with van der Waals surface area (Å²) in [5.74, 6) is 1.64. The Labute approximate surface area is 189 Å². The zero-order valence-electron chi connectivity index (χ0n) is 16.9. The standard InChI is InChI=1S/C22H28N4O2.HI/c1-15(2)12-21(27)25-17-7-5-6-16(13-17)14-24-22(23)26-19-10-11-28-20-9-4-3-8-18(19)20;/h3-9,13,15,19H,10-12,14H2,1-2H3,(H,25,27)(H3,23,24,26);1H. The van der Waals surface area contributed by atoms with Crippen LogP contribution in [0.15, 0.2) is 53.5 Å². The Balaban J connectivity index is 0.00000300. The summed E-state index contributed by atoms with van der Waals surface area (Å²) in [5.41, 5.74) is 8.98. The molecule has 7 heteroatoms. The molecule has 0 saturated carbocycles. The first-order chi connectivity index (χ1) is 13.5. The van der Waals surface area contributed by atoms with E-state index < -0.39 is 0 Å². The summed E-state index contributed by atoms with van der Waals surface area (Å²) >= 11 is 0. The molecule has 0 aliphatic carbocycles. The van der Waals surface area contributed by atoms with E-state index in [2.05, 4.69) is 15.6 Å². The molecule has 6 nitrogen and oxygen atoms in total. The number of anilines is 1. The van der Waals surface area contributed by atoms with Crippen LogP contribution in [0, 0.1) is 5.92 Å². The van der Waals surface area contributed by atoms with E-state index in [9.17, 15) is 4.79 Å². The van der Waals surface area contributed by atoms with Gasteiger partial charge in [-0.2, -0.15) is 0 Å². The summed E-state index contributed by atoms with van der Waals surface area (Å²) in [4.78, 5) is 16.4. The number of amides is 1. The molecule has 156 valence electrons. The van der Waals surface area contributed by atoms with Gasteiger partial charge in [-0.25, -0.2) is 4.99 Å². The van der Waals surface area contributed by atoms with Gasteiger partial charge < -0.3 is 21.1 Å². The normalized spacial score (nSPS) is 15.7. The van der Waals surface area contributed by atoms with Gasteiger partial charge in [-0.1, -0.05) is 44.2 Å². The Hall–Kier alpha value is -2.29. The molecule has 0 bridgehead atoms. The molecule has 0 saturated heterocycles. The summed E-state index contributed by atoms with van der Waals surface area (Å²) in [6.07, 6.45) is 1.34. The molecule has 1 heterocycles. The van der Waals surface area contributed by atoms with Crippen LogP contribution < -0.4 is 21.1 Å². The van der Waals surface area contributed by atoms with Gasteiger partial charge in [0.1, 0.15) is 5.75 Å². The van der Waals surface area contributed by atoms with E-state index >= 15 is 0 Å². The second kappa shape index (κ2) is 11.0. The highest BCUT2D eigenvalue weighted by Crippen LogP contribution is 2.31. The van der Waals surface area contributed by atoms with Crippen LogP contribution in [0.4, 0.5) is 5.69 Å². The second-order valence-corrected chi connectivity index (χ2v) is 7.42. The van der Waals surface area contributed by atoms with Crippen molar-refractivity contribution in [2.24, 2.45) is 16.6 Å². The van der Waals surface area contributed by atoms with Gasteiger partial charge in [0.15, 0.2) is 5.96 Å². The minimum Gasteiger partial charge on any atom is -0.493 e. The van der Waals surface area contributed by atoms with Crippen molar-refractivity contribution in [3.05, 3.63) is 59.7 Å². The highest BCUT2D eigenvalue weighted by Gasteiger charge is 2.21. The maximum atomic E-state index is 11.9. The molecule has 0 fully saturated rings. The summed E-state index contributed by atoms with van der Waals surface area (Å²) < 4.78 is 5.68. The summed E-state index contributed by atoms with van der Waals surface area (Å²) in [6, 6.07) is 15.8. The Morgan fingerprint density at radius 2 is 2.03 bits per heavy atom. The summed E-state index contributed by atoms with van der Waals surface area (Å²) in [7, 11) is 0. The number of halogens is 1. The third-order valence-corrected chi connectivity index (χ3v) is 4.52. The van der Waals surface area contributed by atoms with Gasteiger partial charge in [0.25, 0.3) is 0 Å². The topological polar surface area (TPSA) is 88.7 Å². The van der Waals surface area contributed by atoms with Gasteiger partial charge >= 0.3 is 0 Å². The number of rotatable bonds is 6. The van der Waals surface area contributed by atoms with Crippen molar-refractivity contribution >= 4 is 41.5 Å². The van der Waals surface area contributed by atoms with E-state index in [-0.39, 0.29) is 35.9 Å². The lowest BCUT2D eigenvalue weighted by molar-refractivity contribution is -0.116. The third kappa shape index (κ3) is 6.92. The fraction of sp³-hybridized carbons (Fsp3) is 0.364. The molecule has 0 radical (unpaired) electrons. The molecule has 0 aromatic heterocycles. The van der Waals surface area contributed by atoms with Crippen LogP contribution in [-0.2, 0) is 11.3 Å². The van der Waals surface area contributed by atoms with E-state index in [1.807, 2.05) is 62.4 Å². The minimum absolute atomic E-state index is 0. The van der Waals surface area contributed by atoms with Crippen LogP contribution in [0.3, 0.4) is 0 Å². The van der Waals surface area contributed by atoms with E-state index in [0.717, 1.165) is 29.0 Å². The fourth-order valence-electron chi connectivity index (χ4n) is 3.22. The van der Waals surface area contributed by atoms with Gasteiger partial charge in [0, 0.05) is 24.1 Å². The zero-order chi connectivity index (χ0) is 19.9. The Bertz CT molecular complexity index is 854. The average molecular weight is 508 g/mol. The number of hydrogen-bond donors (Lipinski definition) is 3. The first-order valence-corrected chi connectivity index (χ1v) is 9.68. The van der Waals surface area contributed by atoms with E-state index in [1.54, 1.807) is 0 Å². The fourth-order valence-corrected chi connectivity index (χ4v) is 3.22. The van der Waals surface area contributed by atoms with E-state index in [4.69, 9.17) is 10.5 Å². The van der Waals surface area contributed by atoms with Crippen LogP contribution in [-0.4, -0.2) is 18.5 Å². The lowest BCUT2D eigenvalue weighted by Crippen LogP contribution is -2.37. The molecule has 2 aromatic rings. The van der Waals surface area contributed by atoms with Crippen molar-refractivity contribution < 1.29 is 9.53 Å². The summed E-state index contributed by atoms with van der Waals surface area (Å²) in [5, 5.41) is 6.22. The van der Waals surface area contributed by atoms with Crippen LogP contribution in [0.25, 0.3) is 0 Å². The van der Waals surface area contributed by atoms with Gasteiger partial charge in [0.2, 0.25) is 5.91 Å². The Morgan fingerprint density at radius 3 is 2.83 bits per heavy atom. The number of aliphatic imine (C=N–C) groups is 1. The lowest BCUT2D eigenvalue weighted by Gasteiger charge is -2.26. The highest BCUT2D eigenvalue weighted by molar-refractivity contribution is 14.0. The Morgan fingerprint density at radius 1 is 1.24 bits per heavy atom. The van der Waals surface area contributed by atoms with Crippen molar-refractivity contribution in [1.82, 2.24) is 5.32 Å². The number of ether oxygens (including phenoxy) is 1. The first-order valence-electron chi connectivity index (χ1n) is 9.68. The number of para-hydroxylation sites is 1. The molecular weight excluding hydrogens is 479 g/mol. The van der Waals surface area contributed by atoms with Gasteiger partial charge in [-0.3, -0.25) is 4.79 Å². The Kier molecular flexibility index (Phi) is 8.75. The number of carbonyl (C=O) groups is 1.